The predicted octanol–water partition coefficient (Wildman–Crippen LogP) is 0.807. The number of piperidine rings is 1. The Balaban J connectivity index is 2.30. The highest BCUT2D eigenvalue weighted by molar-refractivity contribution is 7.98. The van der Waals surface area contributed by atoms with Crippen molar-refractivity contribution in [2.75, 3.05) is 38.7 Å². The van der Waals surface area contributed by atoms with Gasteiger partial charge in [-0.05, 0) is 25.6 Å². The maximum absolute atomic E-state index is 11.9. The quantitative estimate of drug-likeness (QED) is 0.755. The third-order valence-electron chi connectivity index (χ3n) is 2.65. The SMILES string of the molecule is CSCCN(C)C(=O)[C@@H]1CCCNC1. The van der Waals surface area contributed by atoms with E-state index in [-0.39, 0.29) is 5.92 Å². The lowest BCUT2D eigenvalue weighted by atomic mass is 9.98. The lowest BCUT2D eigenvalue weighted by Crippen LogP contribution is -2.42. The Kier molecular flexibility index (Phi) is 5.33. The minimum atomic E-state index is 0.218. The van der Waals surface area contributed by atoms with Crippen molar-refractivity contribution in [2.24, 2.45) is 5.92 Å². The fraction of sp³-hybridized carbons (Fsp3) is 0.900. The second-order valence-corrected chi connectivity index (χ2v) is 4.78. The molecule has 82 valence electrons. The maximum Gasteiger partial charge on any atom is 0.226 e. The Hall–Kier alpha value is -0.220. The first-order valence-electron chi connectivity index (χ1n) is 5.20. The number of rotatable bonds is 4. The normalized spacial score (nSPS) is 22.0. The molecule has 0 aromatic heterocycles. The van der Waals surface area contributed by atoms with Crippen molar-refractivity contribution in [1.29, 1.82) is 0 Å². The first-order chi connectivity index (χ1) is 6.75. The summed E-state index contributed by atoms with van der Waals surface area (Å²) in [6.07, 6.45) is 4.25. The van der Waals surface area contributed by atoms with Crippen LogP contribution in [0.15, 0.2) is 0 Å². The largest absolute Gasteiger partial charge is 0.345 e. The maximum atomic E-state index is 11.9. The minimum Gasteiger partial charge on any atom is -0.345 e. The standard InChI is InChI=1S/C10H20N2OS/c1-12(6-7-14-2)10(13)9-4-3-5-11-8-9/h9,11H,3-8H2,1-2H3/t9-/m1/s1. The monoisotopic (exact) mass is 216 g/mol. The third-order valence-corrected chi connectivity index (χ3v) is 3.24. The highest BCUT2D eigenvalue weighted by Gasteiger charge is 2.23. The molecule has 1 rings (SSSR count). The van der Waals surface area contributed by atoms with Crippen LogP contribution in [0.2, 0.25) is 0 Å². The molecule has 0 unspecified atom stereocenters. The molecule has 0 aliphatic carbocycles. The lowest BCUT2D eigenvalue weighted by Gasteiger charge is -2.26. The van der Waals surface area contributed by atoms with E-state index in [1.54, 1.807) is 11.8 Å². The fourth-order valence-corrected chi connectivity index (χ4v) is 2.17. The van der Waals surface area contributed by atoms with Crippen LogP contribution >= 0.6 is 11.8 Å². The molecule has 0 spiro atoms. The van der Waals surface area contributed by atoms with E-state index in [0.29, 0.717) is 5.91 Å². The van der Waals surface area contributed by atoms with Gasteiger partial charge in [-0.25, -0.2) is 0 Å². The summed E-state index contributed by atoms with van der Waals surface area (Å²) in [5.74, 6) is 1.56. The number of hydrogen-bond donors (Lipinski definition) is 1. The highest BCUT2D eigenvalue weighted by atomic mass is 32.2. The molecule has 14 heavy (non-hydrogen) atoms. The summed E-state index contributed by atoms with van der Waals surface area (Å²) < 4.78 is 0. The summed E-state index contributed by atoms with van der Waals surface area (Å²) >= 11 is 1.78. The van der Waals surface area contributed by atoms with Gasteiger partial charge in [0.05, 0.1) is 5.92 Å². The van der Waals surface area contributed by atoms with E-state index in [1.165, 1.54) is 0 Å². The van der Waals surface area contributed by atoms with Gasteiger partial charge in [0.25, 0.3) is 0 Å². The molecule has 0 aromatic carbocycles. The number of carbonyl (C=O) groups is 1. The summed E-state index contributed by atoms with van der Waals surface area (Å²) in [5, 5.41) is 3.27. The molecule has 0 radical (unpaired) electrons. The molecule has 1 aliphatic heterocycles. The molecule has 1 heterocycles. The Morgan fingerprint density at radius 1 is 1.64 bits per heavy atom. The Bertz CT molecular complexity index is 181. The number of nitrogens with zero attached hydrogens (tertiary/aromatic N) is 1. The van der Waals surface area contributed by atoms with Crippen LogP contribution in [0.25, 0.3) is 0 Å². The number of carbonyl (C=O) groups excluding carboxylic acids is 1. The number of amides is 1. The predicted molar refractivity (Wildman–Crippen MR) is 61.6 cm³/mol. The van der Waals surface area contributed by atoms with Gasteiger partial charge in [-0.3, -0.25) is 4.79 Å². The summed E-state index contributed by atoms with van der Waals surface area (Å²) in [7, 11) is 1.91. The topological polar surface area (TPSA) is 32.3 Å². The molecule has 1 atom stereocenters. The van der Waals surface area contributed by atoms with Gasteiger partial charge in [-0.1, -0.05) is 0 Å². The fourth-order valence-electron chi connectivity index (χ4n) is 1.71. The number of thioether (sulfide) groups is 1. The van der Waals surface area contributed by atoms with E-state index >= 15 is 0 Å². The molecule has 1 fully saturated rings. The van der Waals surface area contributed by atoms with Crippen molar-refractivity contribution in [3.8, 4) is 0 Å². The molecular formula is C10H20N2OS. The van der Waals surface area contributed by atoms with Gasteiger partial charge >= 0.3 is 0 Å². The van der Waals surface area contributed by atoms with Gasteiger partial charge in [0, 0.05) is 25.9 Å². The Morgan fingerprint density at radius 3 is 3.00 bits per heavy atom. The van der Waals surface area contributed by atoms with E-state index in [0.717, 1.165) is 38.2 Å². The van der Waals surface area contributed by atoms with Crippen LogP contribution in [0.1, 0.15) is 12.8 Å². The molecule has 3 nitrogen and oxygen atoms in total. The zero-order valence-corrected chi connectivity index (χ0v) is 9.90. The molecule has 1 saturated heterocycles. The third kappa shape index (κ3) is 3.50. The van der Waals surface area contributed by atoms with Crippen LogP contribution in [0.3, 0.4) is 0 Å². The van der Waals surface area contributed by atoms with Crippen LogP contribution in [0.5, 0.6) is 0 Å². The van der Waals surface area contributed by atoms with E-state index in [1.807, 2.05) is 11.9 Å². The lowest BCUT2D eigenvalue weighted by molar-refractivity contribution is -0.134. The van der Waals surface area contributed by atoms with Gasteiger partial charge in [-0.15, -0.1) is 0 Å². The zero-order valence-electron chi connectivity index (χ0n) is 9.08. The summed E-state index contributed by atoms with van der Waals surface area (Å²) in [5.41, 5.74) is 0. The average molecular weight is 216 g/mol. The van der Waals surface area contributed by atoms with Gasteiger partial charge in [0.1, 0.15) is 0 Å². The van der Waals surface area contributed by atoms with Crippen molar-refractivity contribution >= 4 is 17.7 Å². The molecule has 0 saturated carbocycles. The smallest absolute Gasteiger partial charge is 0.226 e. The van der Waals surface area contributed by atoms with Crippen LogP contribution in [0, 0.1) is 5.92 Å². The van der Waals surface area contributed by atoms with Crippen molar-refractivity contribution in [1.82, 2.24) is 10.2 Å². The molecular weight excluding hydrogens is 196 g/mol. The van der Waals surface area contributed by atoms with E-state index < -0.39 is 0 Å². The molecule has 0 bridgehead atoms. The summed E-state index contributed by atoms with van der Waals surface area (Å²) in [6, 6.07) is 0. The van der Waals surface area contributed by atoms with Gasteiger partial charge in [0.15, 0.2) is 0 Å². The molecule has 4 heteroatoms. The minimum absolute atomic E-state index is 0.218. The van der Waals surface area contributed by atoms with E-state index in [2.05, 4.69) is 11.6 Å². The summed E-state index contributed by atoms with van der Waals surface area (Å²) in [4.78, 5) is 13.7. The van der Waals surface area contributed by atoms with Crippen LogP contribution in [0.4, 0.5) is 0 Å². The van der Waals surface area contributed by atoms with Crippen molar-refractivity contribution in [2.45, 2.75) is 12.8 Å². The van der Waals surface area contributed by atoms with Crippen LogP contribution in [-0.4, -0.2) is 49.5 Å². The molecule has 0 aromatic rings. The zero-order chi connectivity index (χ0) is 10.4. The van der Waals surface area contributed by atoms with Crippen LogP contribution in [-0.2, 0) is 4.79 Å². The van der Waals surface area contributed by atoms with Crippen LogP contribution < -0.4 is 5.32 Å². The summed E-state index contributed by atoms with van der Waals surface area (Å²) in [6.45, 7) is 2.80. The van der Waals surface area contributed by atoms with Crippen molar-refractivity contribution in [3.63, 3.8) is 0 Å². The Labute approximate surface area is 90.6 Å². The number of hydrogen-bond acceptors (Lipinski definition) is 3. The second kappa shape index (κ2) is 6.30. The van der Waals surface area contributed by atoms with E-state index in [9.17, 15) is 4.79 Å². The average Bonchev–Trinajstić information content (AvgIpc) is 2.26. The van der Waals surface area contributed by atoms with Gasteiger partial charge in [0.2, 0.25) is 5.91 Å². The van der Waals surface area contributed by atoms with Gasteiger partial charge in [-0.2, -0.15) is 11.8 Å². The number of nitrogens with one attached hydrogen (secondary N) is 1. The highest BCUT2D eigenvalue weighted by Crippen LogP contribution is 2.12. The first-order valence-corrected chi connectivity index (χ1v) is 6.59. The molecule has 1 N–H and O–H groups in total. The molecule has 1 aliphatic rings. The van der Waals surface area contributed by atoms with Crippen molar-refractivity contribution in [3.05, 3.63) is 0 Å². The second-order valence-electron chi connectivity index (χ2n) is 3.80. The van der Waals surface area contributed by atoms with Gasteiger partial charge < -0.3 is 10.2 Å². The van der Waals surface area contributed by atoms with E-state index in [4.69, 9.17) is 0 Å². The first kappa shape index (κ1) is 11.9. The molecule has 1 amide bonds. The Morgan fingerprint density at radius 2 is 2.43 bits per heavy atom. The van der Waals surface area contributed by atoms with Crippen molar-refractivity contribution < 1.29 is 4.79 Å².